The van der Waals surface area contributed by atoms with Crippen molar-refractivity contribution in [3.63, 3.8) is 0 Å². The zero-order valence-electron chi connectivity index (χ0n) is 11.5. The molecular weight excluding hydrogens is 262 g/mol. The lowest BCUT2D eigenvalue weighted by atomic mass is 9.81. The van der Waals surface area contributed by atoms with Gasteiger partial charge in [-0.15, -0.1) is 11.3 Å². The molecule has 1 aromatic rings. The Morgan fingerprint density at radius 3 is 2.53 bits per heavy atom. The van der Waals surface area contributed by atoms with Crippen LogP contribution in [0, 0.1) is 5.41 Å². The molecule has 2 N–H and O–H groups in total. The Hall–Kier alpha value is -1.27. The van der Waals surface area contributed by atoms with Crippen LogP contribution in [0.1, 0.15) is 51.8 Å². The van der Waals surface area contributed by atoms with E-state index in [2.05, 4.69) is 4.98 Å². The molecule has 2 rings (SSSR count). The van der Waals surface area contributed by atoms with Crippen molar-refractivity contribution in [3.05, 3.63) is 11.1 Å². The molecule has 1 atom stereocenters. The van der Waals surface area contributed by atoms with E-state index < -0.39 is 5.41 Å². The Labute approximate surface area is 116 Å². The molecule has 1 aliphatic rings. The average Bonchev–Trinajstić information content (AvgIpc) is 2.93. The van der Waals surface area contributed by atoms with Crippen molar-refractivity contribution >= 4 is 28.3 Å². The predicted octanol–water partition coefficient (Wildman–Crippen LogP) is 2.23. The fourth-order valence-electron chi connectivity index (χ4n) is 2.38. The second kappa shape index (κ2) is 5.02. The van der Waals surface area contributed by atoms with Gasteiger partial charge in [-0.3, -0.25) is 9.59 Å². The van der Waals surface area contributed by atoms with Gasteiger partial charge in [0.2, 0.25) is 11.8 Å². The van der Waals surface area contributed by atoms with Gasteiger partial charge in [0.05, 0.1) is 11.1 Å². The van der Waals surface area contributed by atoms with Gasteiger partial charge in [-0.1, -0.05) is 13.8 Å². The number of hydrogen-bond donors (Lipinski definition) is 1. The second-order valence-electron chi connectivity index (χ2n) is 5.04. The summed E-state index contributed by atoms with van der Waals surface area (Å²) in [7, 11) is 0. The number of carbonyl (C=O) groups is 2. The minimum Gasteiger partial charge on any atom is -0.323 e. The predicted molar refractivity (Wildman–Crippen MR) is 74.8 cm³/mol. The van der Waals surface area contributed by atoms with Crippen LogP contribution < -0.4 is 10.6 Å². The van der Waals surface area contributed by atoms with Crippen LogP contribution in [-0.4, -0.2) is 16.8 Å². The molecule has 1 aromatic heterocycles. The lowest BCUT2D eigenvalue weighted by Crippen LogP contribution is -2.35. The maximum atomic E-state index is 12.5. The van der Waals surface area contributed by atoms with Crippen molar-refractivity contribution in [1.29, 1.82) is 0 Å². The van der Waals surface area contributed by atoms with E-state index in [0.29, 0.717) is 23.7 Å². The van der Waals surface area contributed by atoms with E-state index in [4.69, 9.17) is 5.73 Å². The third-order valence-corrected chi connectivity index (χ3v) is 4.76. The molecule has 0 radical (unpaired) electrons. The van der Waals surface area contributed by atoms with Crippen LogP contribution in [0.5, 0.6) is 0 Å². The van der Waals surface area contributed by atoms with E-state index in [1.54, 1.807) is 5.38 Å². The van der Waals surface area contributed by atoms with Crippen LogP contribution in [0.15, 0.2) is 5.38 Å². The van der Waals surface area contributed by atoms with Gasteiger partial charge in [0.15, 0.2) is 5.13 Å². The van der Waals surface area contributed by atoms with Crippen LogP contribution in [0.25, 0.3) is 0 Å². The topological polar surface area (TPSA) is 76.3 Å². The van der Waals surface area contributed by atoms with Crippen molar-refractivity contribution in [2.75, 3.05) is 4.90 Å². The highest BCUT2D eigenvalue weighted by molar-refractivity contribution is 7.14. The van der Waals surface area contributed by atoms with Crippen LogP contribution in [0.2, 0.25) is 0 Å². The zero-order valence-corrected chi connectivity index (χ0v) is 12.3. The lowest BCUT2D eigenvalue weighted by molar-refractivity contribution is -0.126. The van der Waals surface area contributed by atoms with E-state index in [-0.39, 0.29) is 24.3 Å². The highest BCUT2D eigenvalue weighted by Crippen LogP contribution is 2.42. The highest BCUT2D eigenvalue weighted by Gasteiger charge is 2.50. The molecule has 0 aliphatic carbocycles. The van der Waals surface area contributed by atoms with Crippen LogP contribution in [0.3, 0.4) is 0 Å². The van der Waals surface area contributed by atoms with Gasteiger partial charge in [-0.25, -0.2) is 9.88 Å². The molecule has 0 spiro atoms. The van der Waals surface area contributed by atoms with Crippen molar-refractivity contribution in [2.45, 2.75) is 46.1 Å². The summed E-state index contributed by atoms with van der Waals surface area (Å²) in [5.41, 5.74) is 5.93. The first kappa shape index (κ1) is 14.1. The molecule has 104 valence electrons. The summed E-state index contributed by atoms with van der Waals surface area (Å²) in [6, 6.07) is -0.195. The number of hydrogen-bond acceptors (Lipinski definition) is 5. The Bertz CT molecular complexity index is 506. The van der Waals surface area contributed by atoms with E-state index in [1.807, 2.05) is 20.8 Å². The molecule has 19 heavy (non-hydrogen) atoms. The molecule has 0 saturated carbocycles. The van der Waals surface area contributed by atoms with Crippen molar-refractivity contribution < 1.29 is 9.59 Å². The average molecular weight is 281 g/mol. The Kier molecular flexibility index (Phi) is 3.73. The number of imide groups is 1. The van der Waals surface area contributed by atoms with Gasteiger partial charge in [-0.2, -0.15) is 0 Å². The molecule has 2 heterocycles. The van der Waals surface area contributed by atoms with Crippen molar-refractivity contribution in [1.82, 2.24) is 4.98 Å². The number of aromatic nitrogens is 1. The molecule has 1 saturated heterocycles. The maximum absolute atomic E-state index is 12.5. The molecule has 5 nitrogen and oxygen atoms in total. The van der Waals surface area contributed by atoms with Crippen molar-refractivity contribution in [2.24, 2.45) is 11.1 Å². The minimum absolute atomic E-state index is 0.118. The number of nitrogens with two attached hydrogens (primary N) is 1. The van der Waals surface area contributed by atoms with Gasteiger partial charge in [0.25, 0.3) is 0 Å². The Balaban J connectivity index is 2.34. The second-order valence-corrected chi connectivity index (χ2v) is 5.88. The fourth-order valence-corrected chi connectivity index (χ4v) is 3.32. The van der Waals surface area contributed by atoms with Gasteiger partial charge in [0.1, 0.15) is 0 Å². The monoisotopic (exact) mass is 281 g/mol. The summed E-state index contributed by atoms with van der Waals surface area (Å²) in [5.74, 6) is -0.271. The zero-order chi connectivity index (χ0) is 14.2. The first-order chi connectivity index (χ1) is 8.95. The number of thiazole rings is 1. The Morgan fingerprint density at radius 2 is 2.11 bits per heavy atom. The first-order valence-corrected chi connectivity index (χ1v) is 7.41. The number of carbonyl (C=O) groups excluding carboxylic acids is 2. The van der Waals surface area contributed by atoms with Gasteiger partial charge < -0.3 is 5.73 Å². The molecule has 2 amide bonds. The van der Waals surface area contributed by atoms with E-state index in [0.717, 1.165) is 0 Å². The maximum Gasteiger partial charge on any atom is 0.242 e. The van der Waals surface area contributed by atoms with Gasteiger partial charge in [0, 0.05) is 17.8 Å². The molecule has 6 heteroatoms. The number of amides is 2. The number of rotatable bonds is 4. The summed E-state index contributed by atoms with van der Waals surface area (Å²) >= 11 is 1.30. The summed E-state index contributed by atoms with van der Waals surface area (Å²) in [6.45, 7) is 5.73. The summed E-state index contributed by atoms with van der Waals surface area (Å²) in [4.78, 5) is 30.2. The number of anilines is 1. The fraction of sp³-hybridized carbons (Fsp3) is 0.615. The van der Waals surface area contributed by atoms with Gasteiger partial charge >= 0.3 is 0 Å². The molecule has 0 aromatic carbocycles. The summed E-state index contributed by atoms with van der Waals surface area (Å²) in [5, 5.41) is 2.25. The largest absolute Gasteiger partial charge is 0.323 e. The molecule has 1 unspecified atom stereocenters. The number of nitrogens with zero attached hydrogens (tertiary/aromatic N) is 2. The lowest BCUT2D eigenvalue weighted by Gasteiger charge is -2.22. The van der Waals surface area contributed by atoms with Crippen LogP contribution in [-0.2, 0) is 9.59 Å². The minimum atomic E-state index is -0.544. The highest BCUT2D eigenvalue weighted by atomic mass is 32.1. The first-order valence-electron chi connectivity index (χ1n) is 6.53. The normalized spacial score (nSPS) is 20.1. The van der Waals surface area contributed by atoms with Crippen molar-refractivity contribution in [3.8, 4) is 0 Å². The summed E-state index contributed by atoms with van der Waals surface area (Å²) < 4.78 is 0. The van der Waals surface area contributed by atoms with Crippen LogP contribution >= 0.6 is 11.3 Å². The Morgan fingerprint density at radius 1 is 1.47 bits per heavy atom. The van der Waals surface area contributed by atoms with Crippen LogP contribution in [0.4, 0.5) is 5.13 Å². The third kappa shape index (κ3) is 2.19. The third-order valence-electron chi connectivity index (χ3n) is 3.92. The van der Waals surface area contributed by atoms with Gasteiger partial charge in [-0.05, 0) is 19.8 Å². The smallest absolute Gasteiger partial charge is 0.242 e. The van der Waals surface area contributed by atoms with E-state index >= 15 is 0 Å². The summed E-state index contributed by atoms with van der Waals surface area (Å²) in [6.07, 6.45) is 1.64. The molecule has 0 bridgehead atoms. The van der Waals surface area contributed by atoms with E-state index in [1.165, 1.54) is 16.2 Å². The molecular formula is C13H19N3O2S. The quantitative estimate of drug-likeness (QED) is 0.859. The standard InChI is InChI=1S/C13H19N3O2S/c1-4-13(5-2)6-10(17)16(11(13)18)12-15-9(7-19-12)8(3)14/h7-8H,4-6,14H2,1-3H3. The SMILES string of the molecule is CCC1(CC)CC(=O)N(c2nc(C(C)N)cs2)C1=O. The molecule has 1 fully saturated rings. The molecule has 1 aliphatic heterocycles. The van der Waals surface area contributed by atoms with E-state index in [9.17, 15) is 9.59 Å².